The van der Waals surface area contributed by atoms with Crippen molar-refractivity contribution in [3.63, 3.8) is 0 Å². The highest BCUT2D eigenvalue weighted by Crippen LogP contribution is 2.32. The second-order valence-electron chi connectivity index (χ2n) is 6.41. The summed E-state index contributed by atoms with van der Waals surface area (Å²) in [6, 6.07) is 8.55. The van der Waals surface area contributed by atoms with E-state index in [2.05, 4.69) is 5.32 Å². The molecule has 7 heteroatoms. The molecule has 138 valence electrons. The molecule has 0 fully saturated rings. The van der Waals surface area contributed by atoms with Gasteiger partial charge in [-0.15, -0.1) is 0 Å². The Hall–Kier alpha value is -2.96. The lowest BCUT2D eigenvalue weighted by Gasteiger charge is -2.19. The molecule has 3 rings (SSSR count). The highest BCUT2D eigenvalue weighted by molar-refractivity contribution is 5.90. The van der Waals surface area contributed by atoms with Crippen LogP contribution in [0, 0.1) is 5.92 Å². The van der Waals surface area contributed by atoms with Gasteiger partial charge in [-0.3, -0.25) is 4.79 Å². The lowest BCUT2D eigenvalue weighted by molar-refractivity contribution is -0.131. The van der Waals surface area contributed by atoms with E-state index in [4.69, 9.17) is 18.6 Å². The zero-order valence-electron chi connectivity index (χ0n) is 14.7. The fraction of sp³-hybridized carbons (Fsp3) is 0.368. The van der Waals surface area contributed by atoms with Crippen molar-refractivity contribution in [2.24, 2.45) is 5.92 Å². The Morgan fingerprint density at radius 1 is 1.19 bits per heavy atom. The molecular formula is C19H21NO6. The molecule has 2 aromatic rings. The average molecular weight is 359 g/mol. The molecule has 1 amide bonds. The van der Waals surface area contributed by atoms with E-state index in [1.54, 1.807) is 12.1 Å². The summed E-state index contributed by atoms with van der Waals surface area (Å²) in [7, 11) is 0. The number of rotatable bonds is 7. The van der Waals surface area contributed by atoms with Crippen LogP contribution in [0.2, 0.25) is 0 Å². The second-order valence-corrected chi connectivity index (χ2v) is 6.41. The number of amides is 1. The Morgan fingerprint density at radius 3 is 2.73 bits per heavy atom. The van der Waals surface area contributed by atoms with Crippen LogP contribution in [0.15, 0.2) is 41.0 Å². The van der Waals surface area contributed by atoms with E-state index >= 15 is 0 Å². The Morgan fingerprint density at radius 2 is 2.00 bits per heavy atom. The molecule has 26 heavy (non-hydrogen) atoms. The molecule has 2 heterocycles. The zero-order valence-corrected chi connectivity index (χ0v) is 14.7. The van der Waals surface area contributed by atoms with Gasteiger partial charge >= 0.3 is 5.97 Å². The van der Waals surface area contributed by atoms with E-state index in [1.165, 1.54) is 12.3 Å². The Bertz CT molecular complexity index is 768. The molecule has 0 radical (unpaired) electrons. The average Bonchev–Trinajstić information content (AvgIpc) is 3.29. The first-order valence-electron chi connectivity index (χ1n) is 8.43. The van der Waals surface area contributed by atoms with Crippen molar-refractivity contribution in [2.75, 3.05) is 6.79 Å². The van der Waals surface area contributed by atoms with Gasteiger partial charge in [0.2, 0.25) is 12.6 Å². The molecular weight excluding hydrogens is 338 g/mol. The maximum Gasteiger partial charge on any atom is 0.374 e. The predicted molar refractivity (Wildman–Crippen MR) is 91.8 cm³/mol. The van der Waals surface area contributed by atoms with Crippen LogP contribution in [0.4, 0.5) is 0 Å². The van der Waals surface area contributed by atoms with Crippen LogP contribution >= 0.6 is 0 Å². The third kappa shape index (κ3) is 4.36. The number of hydrogen-bond donors (Lipinski definition) is 1. The van der Waals surface area contributed by atoms with Crippen molar-refractivity contribution in [1.82, 2.24) is 5.32 Å². The first-order chi connectivity index (χ1) is 12.5. The number of benzene rings is 1. The van der Waals surface area contributed by atoms with Gasteiger partial charge in [0.05, 0.1) is 6.26 Å². The quantitative estimate of drug-likeness (QED) is 0.765. The molecule has 7 nitrogen and oxygen atoms in total. The van der Waals surface area contributed by atoms with Crippen LogP contribution in [0.1, 0.15) is 36.4 Å². The molecule has 0 aliphatic carbocycles. The molecule has 0 unspecified atom stereocenters. The molecule has 1 aliphatic heterocycles. The molecule has 0 bridgehead atoms. The topological polar surface area (TPSA) is 87.0 Å². The van der Waals surface area contributed by atoms with Gasteiger partial charge in [-0.25, -0.2) is 4.79 Å². The fourth-order valence-electron chi connectivity index (χ4n) is 2.57. The van der Waals surface area contributed by atoms with Crippen LogP contribution in [0.5, 0.6) is 11.5 Å². The van der Waals surface area contributed by atoms with Gasteiger partial charge in [0.25, 0.3) is 5.91 Å². The zero-order chi connectivity index (χ0) is 18.5. The largest absolute Gasteiger partial charge is 0.457 e. The summed E-state index contributed by atoms with van der Waals surface area (Å²) in [5.74, 6) is 0.586. The molecule has 1 aliphatic rings. The van der Waals surface area contributed by atoms with Crippen molar-refractivity contribution in [3.05, 3.63) is 47.9 Å². The lowest BCUT2D eigenvalue weighted by atomic mass is 10.1. The van der Waals surface area contributed by atoms with Crippen LogP contribution in [0.3, 0.4) is 0 Å². The van der Waals surface area contributed by atoms with Crippen molar-refractivity contribution >= 4 is 11.9 Å². The van der Waals surface area contributed by atoms with Gasteiger partial charge in [0, 0.05) is 6.54 Å². The smallest absolute Gasteiger partial charge is 0.374 e. The molecule has 0 spiro atoms. The summed E-state index contributed by atoms with van der Waals surface area (Å²) >= 11 is 0. The molecule has 0 saturated heterocycles. The maximum atomic E-state index is 12.5. The Labute approximate surface area is 151 Å². The van der Waals surface area contributed by atoms with Gasteiger partial charge in [-0.05, 0) is 42.2 Å². The normalized spacial score (nSPS) is 13.5. The van der Waals surface area contributed by atoms with Crippen LogP contribution in [-0.4, -0.2) is 24.8 Å². The summed E-state index contributed by atoms with van der Waals surface area (Å²) in [6.45, 7) is 4.41. The summed E-state index contributed by atoms with van der Waals surface area (Å²) in [5, 5.41) is 2.80. The van der Waals surface area contributed by atoms with Crippen molar-refractivity contribution in [3.8, 4) is 11.5 Å². The Kier molecular flexibility index (Phi) is 5.46. The van der Waals surface area contributed by atoms with E-state index in [9.17, 15) is 9.59 Å². The first kappa shape index (κ1) is 17.8. The molecule has 1 aromatic carbocycles. The van der Waals surface area contributed by atoms with Gasteiger partial charge in [0.1, 0.15) is 0 Å². The minimum Gasteiger partial charge on any atom is -0.457 e. The van der Waals surface area contributed by atoms with Crippen LogP contribution in [-0.2, 0) is 16.1 Å². The standard InChI is InChI=1S/C19H21NO6/c1-12(2)8-17(26-19(22)15-4-3-7-23-15)18(21)20-10-13-5-6-14-16(9-13)25-11-24-14/h3-7,9,12,17H,8,10-11H2,1-2H3,(H,20,21)/t17-/m1/s1. The summed E-state index contributed by atoms with van der Waals surface area (Å²) < 4.78 is 21.0. The van der Waals surface area contributed by atoms with Gasteiger partial charge in [-0.2, -0.15) is 0 Å². The summed E-state index contributed by atoms with van der Waals surface area (Å²) in [6.07, 6.45) is 0.911. The predicted octanol–water partition coefficient (Wildman–Crippen LogP) is 2.90. The van der Waals surface area contributed by atoms with E-state index in [0.29, 0.717) is 24.5 Å². The SMILES string of the molecule is CC(C)C[C@@H](OC(=O)c1ccco1)C(=O)NCc1ccc2c(c1)OCO2. The first-order valence-corrected chi connectivity index (χ1v) is 8.43. The maximum absolute atomic E-state index is 12.5. The number of ether oxygens (including phenoxy) is 3. The highest BCUT2D eigenvalue weighted by Gasteiger charge is 2.26. The lowest BCUT2D eigenvalue weighted by Crippen LogP contribution is -2.38. The third-order valence-electron chi connectivity index (χ3n) is 3.85. The number of nitrogens with one attached hydrogen (secondary N) is 1. The number of carbonyl (C=O) groups excluding carboxylic acids is 2. The third-order valence-corrected chi connectivity index (χ3v) is 3.85. The highest BCUT2D eigenvalue weighted by atomic mass is 16.7. The van der Waals surface area contributed by atoms with Crippen molar-refractivity contribution in [2.45, 2.75) is 32.9 Å². The minimum atomic E-state index is -0.887. The van der Waals surface area contributed by atoms with E-state index in [1.807, 2.05) is 26.0 Å². The number of hydrogen-bond acceptors (Lipinski definition) is 6. The minimum absolute atomic E-state index is 0.0716. The molecule has 1 N–H and O–H groups in total. The molecule has 1 atom stereocenters. The summed E-state index contributed by atoms with van der Waals surface area (Å²) in [4.78, 5) is 24.6. The van der Waals surface area contributed by atoms with Gasteiger partial charge in [0.15, 0.2) is 17.6 Å². The van der Waals surface area contributed by atoms with Gasteiger partial charge in [-0.1, -0.05) is 19.9 Å². The molecule has 1 aromatic heterocycles. The monoisotopic (exact) mass is 359 g/mol. The number of esters is 1. The Balaban J connectivity index is 1.60. The van der Waals surface area contributed by atoms with Crippen molar-refractivity contribution in [1.29, 1.82) is 0 Å². The molecule has 0 saturated carbocycles. The fourth-order valence-corrected chi connectivity index (χ4v) is 2.57. The van der Waals surface area contributed by atoms with Crippen LogP contribution < -0.4 is 14.8 Å². The van der Waals surface area contributed by atoms with Crippen molar-refractivity contribution < 1.29 is 28.2 Å². The van der Waals surface area contributed by atoms with Crippen LogP contribution in [0.25, 0.3) is 0 Å². The van der Waals surface area contributed by atoms with Gasteiger partial charge < -0.3 is 23.9 Å². The number of furan rings is 1. The number of fused-ring (bicyclic) bond motifs is 1. The van der Waals surface area contributed by atoms with E-state index < -0.39 is 12.1 Å². The summed E-state index contributed by atoms with van der Waals surface area (Å²) in [5.41, 5.74) is 0.864. The second kappa shape index (κ2) is 7.95. The van der Waals surface area contributed by atoms with E-state index in [-0.39, 0.29) is 24.4 Å². The van der Waals surface area contributed by atoms with E-state index in [0.717, 1.165) is 5.56 Å². The number of carbonyl (C=O) groups is 2.